The van der Waals surface area contributed by atoms with Crippen LogP contribution in [0.5, 0.6) is 5.75 Å². The molecule has 0 bridgehead atoms. The summed E-state index contributed by atoms with van der Waals surface area (Å²) >= 11 is 0. The Morgan fingerprint density at radius 3 is 2.70 bits per heavy atom. The molecule has 0 atom stereocenters. The first kappa shape index (κ1) is 15.3. The van der Waals surface area contributed by atoms with Crippen LogP contribution in [-0.4, -0.2) is 17.3 Å². The van der Waals surface area contributed by atoms with Gasteiger partial charge < -0.3 is 13.6 Å². The van der Waals surface area contributed by atoms with Crippen LogP contribution in [0.2, 0.25) is 0 Å². The van der Waals surface area contributed by atoms with Gasteiger partial charge in [-0.2, -0.15) is 0 Å². The van der Waals surface area contributed by atoms with Gasteiger partial charge in [-0.3, -0.25) is 5.32 Å². The molecule has 3 rings (SSSR count). The highest BCUT2D eigenvalue weighted by Gasteiger charge is 2.24. The molecule has 2 heterocycles. The molecule has 0 radical (unpaired) electrons. The molecule has 1 aromatic carbocycles. The molecule has 0 saturated heterocycles. The number of nitrogens with one attached hydrogen (secondary N) is 1. The quantitative estimate of drug-likeness (QED) is 0.752. The third-order valence-electron chi connectivity index (χ3n) is 3.66. The zero-order valence-corrected chi connectivity index (χ0v) is 13.4. The summed E-state index contributed by atoms with van der Waals surface area (Å²) in [5.74, 6) is 2.28. The summed E-state index contributed by atoms with van der Waals surface area (Å²) in [6.45, 7) is 4.60. The lowest BCUT2D eigenvalue weighted by Crippen LogP contribution is -2.36. The predicted molar refractivity (Wildman–Crippen MR) is 84.9 cm³/mol. The highest BCUT2D eigenvalue weighted by atomic mass is 16.5. The Bertz CT molecular complexity index is 763. The van der Waals surface area contributed by atoms with Crippen molar-refractivity contribution in [3.05, 3.63) is 54.1 Å². The highest BCUT2D eigenvalue weighted by molar-refractivity contribution is 5.42. The van der Waals surface area contributed by atoms with Crippen molar-refractivity contribution in [2.24, 2.45) is 0 Å². The molecule has 0 aliphatic rings. The van der Waals surface area contributed by atoms with Crippen LogP contribution in [-0.2, 0) is 12.1 Å². The van der Waals surface area contributed by atoms with Crippen LogP contribution in [0, 0.1) is 0 Å². The lowest BCUT2D eigenvalue weighted by Gasteiger charge is -2.28. The summed E-state index contributed by atoms with van der Waals surface area (Å²) in [7, 11) is 1.67. The maximum absolute atomic E-state index is 5.61. The maximum Gasteiger partial charge on any atom is 0.283 e. The Morgan fingerprint density at radius 2 is 1.96 bits per heavy atom. The molecule has 0 saturated carbocycles. The molecule has 1 N–H and O–H groups in total. The lowest BCUT2D eigenvalue weighted by molar-refractivity contribution is 0.341. The first-order valence-corrected chi connectivity index (χ1v) is 7.35. The predicted octanol–water partition coefficient (Wildman–Crippen LogP) is 3.36. The van der Waals surface area contributed by atoms with Crippen LogP contribution >= 0.6 is 0 Å². The van der Waals surface area contributed by atoms with Crippen molar-refractivity contribution in [2.45, 2.75) is 25.9 Å². The van der Waals surface area contributed by atoms with E-state index in [9.17, 15) is 0 Å². The number of aromatic nitrogens is 2. The summed E-state index contributed by atoms with van der Waals surface area (Å²) in [6, 6.07) is 11.5. The number of hydrogen-bond donors (Lipinski definition) is 1. The monoisotopic (exact) mass is 313 g/mol. The minimum atomic E-state index is -0.314. The van der Waals surface area contributed by atoms with Gasteiger partial charge in [-0.25, -0.2) is 0 Å². The van der Waals surface area contributed by atoms with E-state index in [1.54, 1.807) is 25.5 Å². The molecule has 0 amide bonds. The van der Waals surface area contributed by atoms with Gasteiger partial charge in [0.25, 0.3) is 5.89 Å². The molecule has 3 aromatic rings. The molecule has 23 heavy (non-hydrogen) atoms. The van der Waals surface area contributed by atoms with Crippen LogP contribution in [0.3, 0.4) is 0 Å². The number of nitrogens with zero attached hydrogens (tertiary/aromatic N) is 2. The summed E-state index contributed by atoms with van der Waals surface area (Å²) in [5.41, 5.74) is 0.750. The van der Waals surface area contributed by atoms with Crippen molar-refractivity contribution >= 4 is 0 Å². The topological polar surface area (TPSA) is 73.3 Å². The van der Waals surface area contributed by atoms with Crippen LogP contribution < -0.4 is 10.1 Å². The molecule has 6 nitrogen and oxygen atoms in total. The molecular weight excluding hydrogens is 294 g/mol. The van der Waals surface area contributed by atoms with E-state index in [4.69, 9.17) is 13.6 Å². The van der Waals surface area contributed by atoms with E-state index in [0.717, 1.165) is 11.3 Å². The van der Waals surface area contributed by atoms with Gasteiger partial charge in [0.15, 0.2) is 5.76 Å². The summed E-state index contributed by atoms with van der Waals surface area (Å²) in [6.07, 6.45) is 1.57. The summed E-state index contributed by atoms with van der Waals surface area (Å²) in [4.78, 5) is 0. The van der Waals surface area contributed by atoms with E-state index in [0.29, 0.717) is 24.1 Å². The average molecular weight is 313 g/mol. The number of methoxy groups -OCH3 is 1. The van der Waals surface area contributed by atoms with Gasteiger partial charge in [0.05, 0.1) is 19.9 Å². The maximum atomic E-state index is 5.61. The SMILES string of the molecule is COc1ccccc1C(C)(C)NCc1nnc(-c2ccco2)o1. The zero-order chi connectivity index (χ0) is 16.3. The lowest BCUT2D eigenvalue weighted by atomic mass is 9.93. The fraction of sp³-hybridized carbons (Fsp3) is 0.294. The summed E-state index contributed by atoms with van der Waals surface area (Å²) in [5, 5.41) is 11.4. The van der Waals surface area contributed by atoms with Crippen molar-refractivity contribution in [3.63, 3.8) is 0 Å². The minimum absolute atomic E-state index is 0.314. The fourth-order valence-corrected chi connectivity index (χ4v) is 2.38. The molecule has 2 aromatic heterocycles. The third kappa shape index (κ3) is 3.27. The van der Waals surface area contributed by atoms with E-state index in [1.165, 1.54) is 0 Å². The van der Waals surface area contributed by atoms with Crippen molar-refractivity contribution < 1.29 is 13.6 Å². The number of ether oxygens (including phenoxy) is 1. The average Bonchev–Trinajstić information content (AvgIpc) is 3.24. The first-order valence-electron chi connectivity index (χ1n) is 7.35. The largest absolute Gasteiger partial charge is 0.496 e. The van der Waals surface area contributed by atoms with Gasteiger partial charge in [0.2, 0.25) is 5.89 Å². The van der Waals surface area contributed by atoms with Gasteiger partial charge in [-0.15, -0.1) is 10.2 Å². The van der Waals surface area contributed by atoms with Crippen molar-refractivity contribution in [3.8, 4) is 17.4 Å². The Hall–Kier alpha value is -2.60. The zero-order valence-electron chi connectivity index (χ0n) is 13.4. The van der Waals surface area contributed by atoms with Crippen LogP contribution in [0.15, 0.2) is 51.5 Å². The van der Waals surface area contributed by atoms with Crippen LogP contribution in [0.25, 0.3) is 11.7 Å². The molecule has 0 unspecified atom stereocenters. The van der Waals surface area contributed by atoms with Crippen molar-refractivity contribution in [2.75, 3.05) is 7.11 Å². The fourth-order valence-electron chi connectivity index (χ4n) is 2.38. The second-order valence-electron chi connectivity index (χ2n) is 5.66. The second-order valence-corrected chi connectivity index (χ2v) is 5.66. The normalized spacial score (nSPS) is 11.6. The number of benzene rings is 1. The van der Waals surface area contributed by atoms with Crippen molar-refractivity contribution in [1.82, 2.24) is 15.5 Å². The first-order chi connectivity index (χ1) is 11.1. The minimum Gasteiger partial charge on any atom is -0.496 e. The number of furan rings is 1. The molecule has 0 aliphatic carbocycles. The molecule has 0 aliphatic heterocycles. The number of rotatable bonds is 6. The Balaban J connectivity index is 1.72. The molecule has 0 spiro atoms. The Morgan fingerprint density at radius 1 is 1.13 bits per heavy atom. The van der Waals surface area contributed by atoms with E-state index < -0.39 is 0 Å². The van der Waals surface area contributed by atoms with Crippen molar-refractivity contribution in [1.29, 1.82) is 0 Å². The van der Waals surface area contributed by atoms with E-state index in [1.807, 2.05) is 24.3 Å². The Labute approximate surface area is 134 Å². The van der Waals surface area contributed by atoms with E-state index in [-0.39, 0.29) is 5.54 Å². The van der Waals surface area contributed by atoms with Crippen LogP contribution in [0.4, 0.5) is 0 Å². The van der Waals surface area contributed by atoms with E-state index >= 15 is 0 Å². The van der Waals surface area contributed by atoms with E-state index in [2.05, 4.69) is 29.4 Å². The molecular formula is C17H19N3O3. The van der Waals surface area contributed by atoms with Crippen LogP contribution in [0.1, 0.15) is 25.3 Å². The smallest absolute Gasteiger partial charge is 0.283 e. The summed E-state index contributed by atoms with van der Waals surface area (Å²) < 4.78 is 16.3. The standard InChI is InChI=1S/C17H19N3O3/c1-17(2,12-7-4-5-8-13(12)21-3)18-11-15-19-20-16(23-15)14-9-6-10-22-14/h4-10,18H,11H2,1-3H3. The number of hydrogen-bond acceptors (Lipinski definition) is 6. The van der Waals surface area contributed by atoms with Gasteiger partial charge in [-0.1, -0.05) is 18.2 Å². The molecule has 0 fully saturated rings. The third-order valence-corrected chi connectivity index (χ3v) is 3.66. The van der Waals surface area contributed by atoms with Gasteiger partial charge in [0.1, 0.15) is 5.75 Å². The molecule has 120 valence electrons. The van der Waals surface area contributed by atoms with Gasteiger partial charge in [-0.05, 0) is 32.0 Å². The Kier molecular flexibility index (Phi) is 4.16. The van der Waals surface area contributed by atoms with Gasteiger partial charge >= 0.3 is 0 Å². The highest BCUT2D eigenvalue weighted by Crippen LogP contribution is 2.29. The van der Waals surface area contributed by atoms with Gasteiger partial charge in [0, 0.05) is 11.1 Å². The number of para-hydroxylation sites is 1. The molecule has 6 heteroatoms. The second kappa shape index (κ2) is 6.26.